The van der Waals surface area contributed by atoms with E-state index in [0.717, 1.165) is 68.0 Å². The molecule has 8 heteroatoms. The third-order valence-electron chi connectivity index (χ3n) is 8.02. The standard InChI is InChI=1S/C32H46BN4O2S/c1-6-8-13-24-21-36(7-2)19-16-25(24)27(23(5)37-17-11-12-18-37)20-34-32(38)35-31-29(30(33)39-22(3)4)26-14-9-10-15-28(26)40-31/h11-12,17-18,22H,6-10,13-16,19-21H2,1-5H3,(H2,34,35,38)/b27-23+. The number of anilines is 1. The number of hydrogen-bond donors (Lipinski definition) is 2. The number of rotatable bonds is 12. The molecule has 0 aromatic carbocycles. The molecule has 0 saturated heterocycles. The number of ether oxygens (including phenoxy) is 1. The van der Waals surface area contributed by atoms with Gasteiger partial charge in [-0.15, -0.1) is 0 Å². The Labute approximate surface area is 245 Å². The van der Waals surface area contributed by atoms with Gasteiger partial charge in [0.25, 0.3) is 0 Å². The summed E-state index contributed by atoms with van der Waals surface area (Å²) in [5.41, 5.74) is 7.83. The number of hydrogen-bond acceptors (Lipinski definition) is 4. The number of fused-ring (bicyclic) bond motifs is 1. The van der Waals surface area contributed by atoms with Crippen molar-refractivity contribution in [3.63, 3.8) is 0 Å². The van der Waals surface area contributed by atoms with Crippen LogP contribution in [0.15, 0.2) is 41.2 Å². The van der Waals surface area contributed by atoms with Gasteiger partial charge < -0.3 is 0 Å². The van der Waals surface area contributed by atoms with E-state index in [1.54, 1.807) is 11.3 Å². The summed E-state index contributed by atoms with van der Waals surface area (Å²) in [4.78, 5) is 17.2. The molecule has 2 aromatic rings. The molecule has 1 aliphatic heterocycles. The number of thiophene rings is 1. The molecule has 1 radical (unpaired) electrons. The molecule has 0 fully saturated rings. The first-order chi connectivity index (χ1) is 19.3. The molecule has 0 atom stereocenters. The topological polar surface area (TPSA) is 58.5 Å². The van der Waals surface area contributed by atoms with E-state index in [2.05, 4.69) is 53.3 Å². The fraction of sp³-hybridized carbons (Fsp3) is 0.562. The Hall–Kier alpha value is -2.58. The van der Waals surface area contributed by atoms with Crippen LogP contribution in [0, 0.1) is 0 Å². The van der Waals surface area contributed by atoms with Gasteiger partial charge in [-0.1, -0.05) is 20.3 Å². The molecule has 2 N–H and O–H groups in total. The van der Waals surface area contributed by atoms with Gasteiger partial charge in [-0.25, -0.2) is 0 Å². The van der Waals surface area contributed by atoms with E-state index in [-0.39, 0.29) is 12.1 Å². The second kappa shape index (κ2) is 14.4. The third-order valence-corrected chi connectivity index (χ3v) is 9.23. The van der Waals surface area contributed by atoms with Gasteiger partial charge in [0.1, 0.15) is 0 Å². The van der Waals surface area contributed by atoms with Gasteiger partial charge in [0.2, 0.25) is 0 Å². The number of allylic oxidation sites excluding steroid dienone is 1. The predicted molar refractivity (Wildman–Crippen MR) is 171 cm³/mol. The van der Waals surface area contributed by atoms with E-state index in [0.29, 0.717) is 12.2 Å². The molecule has 2 amide bonds. The van der Waals surface area contributed by atoms with E-state index in [1.165, 1.54) is 46.4 Å². The van der Waals surface area contributed by atoms with Gasteiger partial charge in [-0.05, 0) is 6.54 Å². The van der Waals surface area contributed by atoms with E-state index in [4.69, 9.17) is 12.2 Å². The Morgan fingerprint density at radius 2 is 1.90 bits per heavy atom. The number of likely N-dealkylation sites (N-methyl/N-ethyl adjacent to an activating group) is 1. The first-order valence-corrected chi connectivity index (χ1v) is 15.9. The zero-order valence-corrected chi connectivity index (χ0v) is 25.9. The van der Waals surface area contributed by atoms with Crippen LogP contribution in [0.3, 0.4) is 0 Å². The summed E-state index contributed by atoms with van der Waals surface area (Å²) < 4.78 is 8.07. The molecule has 1 aliphatic carbocycles. The molecule has 0 spiro atoms. The monoisotopic (exact) mass is 561 g/mol. The summed E-state index contributed by atoms with van der Waals surface area (Å²) in [6, 6.07) is 3.89. The summed E-state index contributed by atoms with van der Waals surface area (Å²) in [5.74, 6) is 0. The Kier molecular flexibility index (Phi) is 10.9. The minimum atomic E-state index is -0.211. The second-order valence-corrected chi connectivity index (χ2v) is 12.3. The average Bonchev–Trinajstić information content (AvgIpc) is 3.60. The molecule has 3 heterocycles. The fourth-order valence-electron chi connectivity index (χ4n) is 5.86. The Morgan fingerprint density at radius 1 is 1.15 bits per heavy atom. The van der Waals surface area contributed by atoms with Crippen molar-refractivity contribution >= 4 is 41.2 Å². The van der Waals surface area contributed by atoms with Crippen LogP contribution in [-0.4, -0.2) is 60.9 Å². The zero-order valence-electron chi connectivity index (χ0n) is 25.1. The van der Waals surface area contributed by atoms with Gasteiger partial charge in [0.15, 0.2) is 0 Å². The summed E-state index contributed by atoms with van der Waals surface area (Å²) in [7, 11) is 6.44. The van der Waals surface area contributed by atoms with E-state index >= 15 is 0 Å². The molecule has 6 nitrogen and oxygen atoms in total. The van der Waals surface area contributed by atoms with E-state index in [9.17, 15) is 4.79 Å². The molecule has 40 heavy (non-hydrogen) atoms. The molecule has 0 bridgehead atoms. The Balaban J connectivity index is 1.59. The van der Waals surface area contributed by atoms with Crippen LogP contribution in [0.4, 0.5) is 9.80 Å². The molecule has 2 aliphatic rings. The summed E-state index contributed by atoms with van der Waals surface area (Å²) in [6.45, 7) is 14.2. The number of aryl methyl sites for hydroxylation is 1. The van der Waals surface area contributed by atoms with Gasteiger partial charge in [0.05, 0.1) is 0 Å². The molecule has 0 unspecified atom stereocenters. The van der Waals surface area contributed by atoms with Crippen molar-refractivity contribution < 1.29 is 9.53 Å². The van der Waals surface area contributed by atoms with E-state index in [1.807, 2.05) is 26.0 Å². The number of aromatic nitrogens is 1. The fourth-order valence-corrected chi connectivity index (χ4v) is 7.15. The van der Waals surface area contributed by atoms with Crippen molar-refractivity contribution in [1.82, 2.24) is 14.8 Å². The number of nitrogens with zero attached hydrogens (tertiary/aromatic N) is 2. The van der Waals surface area contributed by atoms with Crippen molar-refractivity contribution in [2.24, 2.45) is 0 Å². The van der Waals surface area contributed by atoms with Crippen LogP contribution in [0.5, 0.6) is 0 Å². The van der Waals surface area contributed by atoms with Crippen LogP contribution in [0.25, 0.3) is 5.70 Å². The zero-order chi connectivity index (χ0) is 28.6. The van der Waals surface area contributed by atoms with Crippen LogP contribution in [0.2, 0.25) is 0 Å². The molecular weight excluding hydrogens is 515 g/mol. The van der Waals surface area contributed by atoms with Crippen molar-refractivity contribution in [1.29, 1.82) is 0 Å². The first-order valence-electron chi connectivity index (χ1n) is 15.1. The Morgan fingerprint density at radius 3 is 2.60 bits per heavy atom. The Bertz CT molecular complexity index is 1240. The third kappa shape index (κ3) is 7.38. The van der Waals surface area contributed by atoms with Crippen molar-refractivity contribution in [2.45, 2.75) is 92.1 Å². The normalized spacial score (nSPS) is 16.5. The molecular formula is C32H46BN4O2S. The molecule has 2 aromatic heterocycles. The molecule has 215 valence electrons. The quantitative estimate of drug-likeness (QED) is 0.282. The number of nitrogens with one attached hydrogen (secondary N) is 2. The molecule has 4 rings (SSSR count). The van der Waals surface area contributed by atoms with Crippen LogP contribution < -0.4 is 10.6 Å². The summed E-state index contributed by atoms with van der Waals surface area (Å²) >= 11 is 1.64. The molecule has 0 saturated carbocycles. The van der Waals surface area contributed by atoms with Gasteiger partial charge in [-0.3, -0.25) is 0 Å². The van der Waals surface area contributed by atoms with E-state index < -0.39 is 0 Å². The van der Waals surface area contributed by atoms with Crippen molar-refractivity contribution in [3.05, 3.63) is 57.2 Å². The second-order valence-electron chi connectivity index (χ2n) is 11.2. The van der Waals surface area contributed by atoms with Gasteiger partial charge in [-0.2, -0.15) is 0 Å². The van der Waals surface area contributed by atoms with Crippen LogP contribution in [0.1, 0.15) is 89.1 Å². The van der Waals surface area contributed by atoms with Crippen LogP contribution >= 0.6 is 11.3 Å². The van der Waals surface area contributed by atoms with Gasteiger partial charge >= 0.3 is 220 Å². The number of amides is 2. The average molecular weight is 562 g/mol. The van der Waals surface area contributed by atoms with Crippen molar-refractivity contribution in [2.75, 3.05) is 31.5 Å². The first kappa shape index (κ1) is 30.4. The maximum absolute atomic E-state index is 13.4. The minimum absolute atomic E-state index is 0.0283. The summed E-state index contributed by atoms with van der Waals surface area (Å²) in [5, 5.41) is 7.14. The van der Waals surface area contributed by atoms with Crippen LogP contribution in [-0.2, 0) is 17.6 Å². The SMILES string of the molecule is [B]=C(OC(C)C)c1c(NC(=O)NC/C(C2=C(CCCC)CN(CC)CC2)=C(/C)n2cccc2)sc2c1CCCC2. The van der Waals surface area contributed by atoms with Gasteiger partial charge in [0, 0.05) is 0 Å². The number of carbonyl (C=O) groups is 1. The number of unbranched alkanes of at least 4 members (excludes halogenated alkanes) is 1. The number of carbonyl (C=O) groups excluding carboxylic acids is 1. The number of urea groups is 1. The van der Waals surface area contributed by atoms with Crippen molar-refractivity contribution in [3.8, 4) is 0 Å². The predicted octanol–water partition coefficient (Wildman–Crippen LogP) is 6.77. The maximum atomic E-state index is 13.4. The summed E-state index contributed by atoms with van der Waals surface area (Å²) in [6.07, 6.45) is 12.9.